The van der Waals surface area contributed by atoms with Crippen LogP contribution in [0.4, 0.5) is 10.5 Å². The number of hydrogen-bond acceptors (Lipinski definition) is 5. The van der Waals surface area contributed by atoms with Gasteiger partial charge in [-0.05, 0) is 24.3 Å². The van der Waals surface area contributed by atoms with Gasteiger partial charge in [-0.1, -0.05) is 0 Å². The fourth-order valence-electron chi connectivity index (χ4n) is 0.894. The average molecular weight is 238 g/mol. The number of phenolic OH excluding ortho intramolecular Hbond substituents is 1. The number of phenols is 1. The first-order chi connectivity index (χ1) is 8.13. The third kappa shape index (κ3) is 7.40. The smallest absolute Gasteiger partial charge is 0.315 e. The monoisotopic (exact) mass is 238 g/mol. The molecule has 0 saturated carbocycles. The van der Waals surface area contributed by atoms with Crippen LogP contribution in [0.25, 0.3) is 0 Å². The summed E-state index contributed by atoms with van der Waals surface area (Å²) in [6.07, 6.45) is 0.750. The van der Waals surface area contributed by atoms with Crippen molar-refractivity contribution in [2.45, 2.75) is 0 Å². The van der Waals surface area contributed by atoms with E-state index in [0.717, 1.165) is 11.8 Å². The van der Waals surface area contributed by atoms with E-state index in [9.17, 15) is 4.79 Å². The summed E-state index contributed by atoms with van der Waals surface area (Å²) in [4.78, 5) is 19.1. The molecule has 0 fully saturated rings. The lowest BCUT2D eigenvalue weighted by atomic mass is 10.3. The summed E-state index contributed by atoms with van der Waals surface area (Å²) in [6.45, 7) is 0.338. The molecule has 0 aliphatic rings. The minimum Gasteiger partial charge on any atom is -0.508 e. The Balaban J connectivity index is 0.000000770. The molecule has 0 aliphatic carbocycles. The fraction of sp³-hybridized carbons (Fsp3) is 0.200. The van der Waals surface area contributed by atoms with Gasteiger partial charge < -0.3 is 21.1 Å². The van der Waals surface area contributed by atoms with Crippen molar-refractivity contribution < 1.29 is 14.7 Å². The Bertz CT molecular complexity index is 372. The van der Waals surface area contributed by atoms with Crippen molar-refractivity contribution in [1.29, 1.82) is 5.41 Å². The van der Waals surface area contributed by atoms with Crippen molar-refractivity contribution in [2.75, 3.05) is 19.0 Å². The van der Waals surface area contributed by atoms with Crippen LogP contribution in [-0.4, -0.2) is 30.9 Å². The summed E-state index contributed by atoms with van der Waals surface area (Å²) < 4.78 is 0. The molecule has 0 radical (unpaired) electrons. The van der Waals surface area contributed by atoms with E-state index >= 15 is 0 Å². The van der Waals surface area contributed by atoms with Crippen LogP contribution in [0.1, 0.15) is 0 Å². The second kappa shape index (κ2) is 8.75. The second-order valence-electron chi connectivity index (χ2n) is 2.76. The van der Waals surface area contributed by atoms with Gasteiger partial charge in [0.2, 0.25) is 6.08 Å². The number of aromatic hydroxyl groups is 1. The lowest BCUT2D eigenvalue weighted by molar-refractivity contribution is 0.243. The Morgan fingerprint density at radius 3 is 2.41 bits per heavy atom. The topological polar surface area (TPSA) is 114 Å². The maximum atomic E-state index is 10.8. The Morgan fingerprint density at radius 1 is 1.41 bits per heavy atom. The Hall–Kier alpha value is -2.53. The minimum atomic E-state index is -0.240. The summed E-state index contributed by atoms with van der Waals surface area (Å²) in [5, 5.41) is 22.4. The van der Waals surface area contributed by atoms with E-state index in [4.69, 9.17) is 15.3 Å². The number of hydrogen-bond donors (Lipinski definition) is 5. The van der Waals surface area contributed by atoms with Crippen LogP contribution < -0.4 is 16.0 Å². The third-order valence-corrected chi connectivity index (χ3v) is 1.64. The highest BCUT2D eigenvalue weighted by Gasteiger charge is 1.94. The Labute approximate surface area is 98.3 Å². The highest BCUT2D eigenvalue weighted by Crippen LogP contribution is 2.12. The van der Waals surface area contributed by atoms with Crippen LogP contribution in [0.3, 0.4) is 0 Å². The fourth-order valence-corrected chi connectivity index (χ4v) is 0.894. The van der Waals surface area contributed by atoms with Crippen molar-refractivity contribution in [2.24, 2.45) is 0 Å². The molecule has 1 aromatic rings. The van der Waals surface area contributed by atoms with Gasteiger partial charge in [-0.3, -0.25) is 0 Å². The second-order valence-corrected chi connectivity index (χ2v) is 2.76. The number of carbonyl (C=O) groups is 1. The van der Waals surface area contributed by atoms with E-state index in [-0.39, 0.29) is 11.8 Å². The molecule has 0 heterocycles. The first-order valence-corrected chi connectivity index (χ1v) is 4.66. The third-order valence-electron chi connectivity index (χ3n) is 1.64. The molecule has 2 amide bonds. The van der Waals surface area contributed by atoms with Gasteiger partial charge in [0, 0.05) is 12.7 Å². The molecule has 92 valence electrons. The van der Waals surface area contributed by atoms with Gasteiger partial charge in [-0.2, -0.15) is 0 Å². The number of benzene rings is 1. The van der Waals surface area contributed by atoms with E-state index in [1.165, 1.54) is 0 Å². The van der Waals surface area contributed by atoms with Gasteiger partial charge in [0.1, 0.15) is 5.75 Å². The molecule has 7 heteroatoms. The quantitative estimate of drug-likeness (QED) is 0.229. The number of rotatable bonds is 3. The standard InChI is InChI=1S/C9H13N3O2.CHNO/c1-10-9(14)12-6-11-7-2-4-8(13)5-3-7;2-1-3/h2-5,11,13H,6H2,1H3,(H2,10,12,14);2H. The van der Waals surface area contributed by atoms with E-state index in [1.54, 1.807) is 31.3 Å². The molecule has 0 spiro atoms. The van der Waals surface area contributed by atoms with Gasteiger partial charge in [-0.15, -0.1) is 0 Å². The first-order valence-electron chi connectivity index (χ1n) is 4.66. The molecule has 5 N–H and O–H groups in total. The zero-order valence-electron chi connectivity index (χ0n) is 9.28. The molecule has 0 atom stereocenters. The van der Waals surface area contributed by atoms with Gasteiger partial charge in [0.05, 0.1) is 6.67 Å². The van der Waals surface area contributed by atoms with E-state index in [0.29, 0.717) is 6.67 Å². The normalized spacial score (nSPS) is 8.06. The summed E-state index contributed by atoms with van der Waals surface area (Å²) in [6, 6.07) is 6.35. The lowest BCUT2D eigenvalue weighted by Crippen LogP contribution is -2.36. The number of isocyanates is 1. The molecule has 1 rings (SSSR count). The van der Waals surface area contributed by atoms with Gasteiger partial charge in [-0.25, -0.2) is 15.0 Å². The number of carbonyl (C=O) groups excluding carboxylic acids is 2. The highest BCUT2D eigenvalue weighted by molar-refractivity contribution is 5.73. The highest BCUT2D eigenvalue weighted by atomic mass is 16.3. The van der Waals surface area contributed by atoms with Crippen molar-refractivity contribution in [1.82, 2.24) is 10.6 Å². The van der Waals surface area contributed by atoms with Gasteiger partial charge >= 0.3 is 6.03 Å². The maximum Gasteiger partial charge on any atom is 0.315 e. The Morgan fingerprint density at radius 2 is 1.94 bits per heavy atom. The van der Waals surface area contributed by atoms with Crippen molar-refractivity contribution >= 4 is 17.8 Å². The van der Waals surface area contributed by atoms with Crippen molar-refractivity contribution in [3.63, 3.8) is 0 Å². The molecule has 0 aliphatic heterocycles. The predicted octanol–water partition coefficient (Wildman–Crippen LogP) is 0.592. The molecule has 0 aromatic heterocycles. The summed E-state index contributed by atoms with van der Waals surface area (Å²) in [5.41, 5.74) is 0.833. The number of nitrogens with one attached hydrogen (secondary N) is 4. The zero-order valence-corrected chi connectivity index (χ0v) is 9.28. The van der Waals surface area contributed by atoms with Crippen LogP contribution in [0.15, 0.2) is 24.3 Å². The predicted molar refractivity (Wildman–Crippen MR) is 62.6 cm³/mol. The molecule has 7 nitrogen and oxygen atoms in total. The van der Waals surface area contributed by atoms with Crippen molar-refractivity contribution in [3.05, 3.63) is 24.3 Å². The average Bonchev–Trinajstić information content (AvgIpc) is 2.32. The van der Waals surface area contributed by atoms with Crippen molar-refractivity contribution in [3.8, 4) is 5.75 Å². The molecular weight excluding hydrogens is 224 g/mol. The van der Waals surface area contributed by atoms with Crippen LogP contribution in [0, 0.1) is 5.41 Å². The molecular formula is C10H14N4O3. The maximum absolute atomic E-state index is 10.8. The SMILES string of the molecule is CNC(=O)NCNc1ccc(O)cc1.N=C=O. The minimum absolute atomic E-state index is 0.217. The summed E-state index contributed by atoms with van der Waals surface area (Å²) in [5.74, 6) is 0.217. The van der Waals surface area contributed by atoms with E-state index in [2.05, 4.69) is 16.0 Å². The van der Waals surface area contributed by atoms with Crippen LogP contribution >= 0.6 is 0 Å². The molecule has 1 aromatic carbocycles. The van der Waals surface area contributed by atoms with Crippen LogP contribution in [0.2, 0.25) is 0 Å². The number of urea groups is 1. The first kappa shape index (κ1) is 14.5. The molecule has 0 unspecified atom stereocenters. The lowest BCUT2D eigenvalue weighted by Gasteiger charge is -2.07. The van der Waals surface area contributed by atoms with Gasteiger partial charge in [0.25, 0.3) is 0 Å². The summed E-state index contributed by atoms with van der Waals surface area (Å²) in [7, 11) is 1.55. The Kier molecular flexibility index (Phi) is 7.45. The number of anilines is 1. The zero-order chi connectivity index (χ0) is 13.1. The van der Waals surface area contributed by atoms with Crippen LogP contribution in [0.5, 0.6) is 5.75 Å². The van der Waals surface area contributed by atoms with E-state index < -0.39 is 0 Å². The van der Waals surface area contributed by atoms with E-state index in [1.807, 2.05) is 0 Å². The molecule has 17 heavy (non-hydrogen) atoms. The molecule has 0 bridgehead atoms. The van der Waals surface area contributed by atoms with Crippen LogP contribution in [-0.2, 0) is 4.79 Å². The molecule has 0 saturated heterocycles. The summed E-state index contributed by atoms with van der Waals surface area (Å²) >= 11 is 0. The van der Waals surface area contributed by atoms with Gasteiger partial charge in [0.15, 0.2) is 0 Å². The largest absolute Gasteiger partial charge is 0.508 e. The number of amides is 2.